The first-order valence-electron chi connectivity index (χ1n) is 7.15. The van der Waals surface area contributed by atoms with Crippen molar-refractivity contribution in [2.45, 2.75) is 51.3 Å². The summed E-state index contributed by atoms with van der Waals surface area (Å²) in [6.45, 7) is 0.890. The molecule has 0 aromatic heterocycles. The molecule has 19 heavy (non-hydrogen) atoms. The molecule has 3 heteroatoms. The van der Waals surface area contributed by atoms with Gasteiger partial charge >= 0.3 is 0 Å². The summed E-state index contributed by atoms with van der Waals surface area (Å²) < 4.78 is 0. The Bertz CT molecular complexity index is 421. The number of aliphatic hydroxyl groups excluding tert-OH is 1. The van der Waals surface area contributed by atoms with Crippen molar-refractivity contribution in [3.8, 4) is 6.07 Å². The van der Waals surface area contributed by atoms with Gasteiger partial charge in [0.25, 0.3) is 0 Å². The van der Waals surface area contributed by atoms with Crippen LogP contribution in [0.5, 0.6) is 0 Å². The number of hydrogen-bond acceptors (Lipinski definition) is 3. The molecule has 0 radical (unpaired) electrons. The third-order valence-electron chi connectivity index (χ3n) is 3.96. The largest absolute Gasteiger partial charge is 0.392 e. The van der Waals surface area contributed by atoms with Crippen LogP contribution in [0.25, 0.3) is 0 Å². The van der Waals surface area contributed by atoms with E-state index >= 15 is 0 Å². The summed E-state index contributed by atoms with van der Waals surface area (Å²) in [7, 11) is 0. The molecule has 1 aliphatic carbocycles. The summed E-state index contributed by atoms with van der Waals surface area (Å²) >= 11 is 0. The highest BCUT2D eigenvalue weighted by molar-refractivity contribution is 5.21. The second-order valence-corrected chi connectivity index (χ2v) is 5.34. The molecule has 0 saturated heterocycles. The molecule has 1 fully saturated rings. The highest BCUT2D eigenvalue weighted by Crippen LogP contribution is 2.23. The summed E-state index contributed by atoms with van der Waals surface area (Å²) in [6.07, 6.45) is 5.78. The zero-order valence-corrected chi connectivity index (χ0v) is 11.3. The Morgan fingerprint density at radius 3 is 2.47 bits per heavy atom. The number of hydrogen-bond donors (Lipinski definition) is 2. The van der Waals surface area contributed by atoms with E-state index in [1.165, 1.54) is 24.8 Å². The molecular weight excluding hydrogens is 236 g/mol. The van der Waals surface area contributed by atoms with Gasteiger partial charge < -0.3 is 10.4 Å². The molecular formula is C16H22N2O. The van der Waals surface area contributed by atoms with E-state index in [1.54, 1.807) is 0 Å². The average molecular weight is 258 g/mol. The molecule has 3 nitrogen and oxygen atoms in total. The maximum Gasteiger partial charge on any atom is 0.0681 e. The quantitative estimate of drug-likeness (QED) is 0.816. The Morgan fingerprint density at radius 1 is 1.11 bits per heavy atom. The van der Waals surface area contributed by atoms with Crippen LogP contribution in [0, 0.1) is 17.2 Å². The highest BCUT2D eigenvalue weighted by atomic mass is 16.3. The minimum Gasteiger partial charge on any atom is -0.392 e. The Kier molecular flexibility index (Phi) is 5.38. The van der Waals surface area contributed by atoms with Crippen LogP contribution in [-0.4, -0.2) is 11.1 Å². The van der Waals surface area contributed by atoms with Crippen molar-refractivity contribution in [3.05, 3.63) is 35.4 Å². The lowest BCUT2D eigenvalue weighted by Gasteiger charge is -2.21. The fourth-order valence-corrected chi connectivity index (χ4v) is 2.72. The van der Waals surface area contributed by atoms with Crippen molar-refractivity contribution in [2.75, 3.05) is 0 Å². The van der Waals surface area contributed by atoms with E-state index in [9.17, 15) is 5.26 Å². The molecule has 0 bridgehead atoms. The molecule has 2 rings (SSSR count). The van der Waals surface area contributed by atoms with Gasteiger partial charge in [0.2, 0.25) is 0 Å². The van der Waals surface area contributed by atoms with Gasteiger partial charge in [-0.25, -0.2) is 0 Å². The molecule has 0 heterocycles. The maximum absolute atomic E-state index is 9.23. The number of nitrogens with one attached hydrogen (secondary N) is 1. The van der Waals surface area contributed by atoms with E-state index in [0.717, 1.165) is 24.9 Å². The van der Waals surface area contributed by atoms with Crippen LogP contribution in [0.15, 0.2) is 24.3 Å². The molecule has 0 amide bonds. The number of nitrogens with zero attached hydrogens (tertiary/aromatic N) is 1. The Balaban J connectivity index is 1.90. The van der Waals surface area contributed by atoms with Gasteiger partial charge in [-0.2, -0.15) is 5.26 Å². The summed E-state index contributed by atoms with van der Waals surface area (Å²) in [4.78, 5) is 0. The van der Waals surface area contributed by atoms with E-state index < -0.39 is 0 Å². The Labute approximate surface area is 115 Å². The third-order valence-corrected chi connectivity index (χ3v) is 3.96. The standard InChI is InChI=1S/C16H22N2O/c17-10-15-4-2-1-3-5-16(15)18-11-13-6-8-14(12-19)9-7-13/h6-9,15-16,18-19H,1-5,11-12H2. The SMILES string of the molecule is N#CC1CCCCCC1NCc1ccc(CO)cc1. The zero-order chi connectivity index (χ0) is 13.5. The van der Waals surface area contributed by atoms with Crippen molar-refractivity contribution in [2.24, 2.45) is 5.92 Å². The second-order valence-electron chi connectivity index (χ2n) is 5.34. The van der Waals surface area contributed by atoms with Crippen molar-refractivity contribution >= 4 is 0 Å². The molecule has 1 aromatic carbocycles. The van der Waals surface area contributed by atoms with E-state index in [0.29, 0.717) is 6.04 Å². The van der Waals surface area contributed by atoms with Crippen molar-refractivity contribution in [3.63, 3.8) is 0 Å². The smallest absolute Gasteiger partial charge is 0.0681 e. The van der Waals surface area contributed by atoms with Gasteiger partial charge in [-0.05, 0) is 24.0 Å². The lowest BCUT2D eigenvalue weighted by molar-refractivity contribution is 0.282. The molecule has 102 valence electrons. The fourth-order valence-electron chi connectivity index (χ4n) is 2.72. The summed E-state index contributed by atoms with van der Waals surface area (Å²) in [6, 6.07) is 10.8. The minimum absolute atomic E-state index is 0.0901. The summed E-state index contributed by atoms with van der Waals surface area (Å²) in [5.41, 5.74) is 2.14. The predicted octanol–water partition coefficient (Wildman–Crippen LogP) is 2.74. The second kappa shape index (κ2) is 7.28. The Morgan fingerprint density at radius 2 is 1.79 bits per heavy atom. The lowest BCUT2D eigenvalue weighted by atomic mass is 9.96. The number of nitriles is 1. The molecule has 2 atom stereocenters. The third kappa shape index (κ3) is 4.05. The molecule has 0 spiro atoms. The van der Waals surface area contributed by atoms with Crippen molar-refractivity contribution in [1.82, 2.24) is 5.32 Å². The topological polar surface area (TPSA) is 56.0 Å². The van der Waals surface area contributed by atoms with Gasteiger partial charge in [0.15, 0.2) is 0 Å². The van der Waals surface area contributed by atoms with Crippen LogP contribution in [0.4, 0.5) is 0 Å². The number of benzene rings is 1. The minimum atomic E-state index is 0.0901. The first kappa shape index (κ1) is 14.0. The summed E-state index contributed by atoms with van der Waals surface area (Å²) in [5, 5.41) is 21.8. The molecule has 2 unspecified atom stereocenters. The maximum atomic E-state index is 9.23. The Hall–Kier alpha value is -1.37. The van der Waals surface area contributed by atoms with Crippen LogP contribution in [-0.2, 0) is 13.2 Å². The van der Waals surface area contributed by atoms with Gasteiger partial charge in [0.05, 0.1) is 18.6 Å². The van der Waals surface area contributed by atoms with Gasteiger partial charge in [-0.1, -0.05) is 43.5 Å². The molecule has 0 aliphatic heterocycles. The zero-order valence-electron chi connectivity index (χ0n) is 11.3. The molecule has 1 aromatic rings. The van der Waals surface area contributed by atoms with Crippen LogP contribution in [0.3, 0.4) is 0 Å². The lowest BCUT2D eigenvalue weighted by Crippen LogP contribution is -2.34. The fraction of sp³-hybridized carbons (Fsp3) is 0.562. The van der Waals surface area contributed by atoms with E-state index in [4.69, 9.17) is 5.11 Å². The van der Waals surface area contributed by atoms with Crippen LogP contribution in [0.2, 0.25) is 0 Å². The van der Waals surface area contributed by atoms with E-state index in [2.05, 4.69) is 11.4 Å². The summed E-state index contributed by atoms with van der Waals surface area (Å²) in [5.74, 6) is 0.152. The molecule has 1 aliphatic rings. The van der Waals surface area contributed by atoms with Crippen molar-refractivity contribution < 1.29 is 5.11 Å². The number of aliphatic hydroxyl groups is 1. The van der Waals surface area contributed by atoms with Crippen LogP contribution >= 0.6 is 0 Å². The molecule has 2 N–H and O–H groups in total. The van der Waals surface area contributed by atoms with Crippen LogP contribution in [0.1, 0.15) is 43.2 Å². The van der Waals surface area contributed by atoms with E-state index in [1.807, 2.05) is 24.3 Å². The predicted molar refractivity (Wildman–Crippen MR) is 75.2 cm³/mol. The van der Waals surface area contributed by atoms with Crippen molar-refractivity contribution in [1.29, 1.82) is 5.26 Å². The van der Waals surface area contributed by atoms with Gasteiger partial charge in [-0.15, -0.1) is 0 Å². The first-order chi connectivity index (χ1) is 9.33. The van der Waals surface area contributed by atoms with E-state index in [-0.39, 0.29) is 12.5 Å². The highest BCUT2D eigenvalue weighted by Gasteiger charge is 2.22. The van der Waals surface area contributed by atoms with Gasteiger partial charge in [-0.3, -0.25) is 0 Å². The molecule has 1 saturated carbocycles. The van der Waals surface area contributed by atoms with Gasteiger partial charge in [0.1, 0.15) is 0 Å². The average Bonchev–Trinajstić information content (AvgIpc) is 2.70. The van der Waals surface area contributed by atoms with Crippen LogP contribution < -0.4 is 5.32 Å². The van der Waals surface area contributed by atoms with Gasteiger partial charge in [0, 0.05) is 12.6 Å². The number of rotatable bonds is 4. The first-order valence-corrected chi connectivity index (χ1v) is 7.15. The monoisotopic (exact) mass is 258 g/mol. The normalized spacial score (nSPS) is 23.6.